The van der Waals surface area contributed by atoms with E-state index in [2.05, 4.69) is 13.5 Å². The van der Waals surface area contributed by atoms with Crippen LogP contribution in [0.1, 0.15) is 51.9 Å². The van der Waals surface area contributed by atoms with E-state index in [1.54, 1.807) is 0 Å². The minimum atomic E-state index is 0.422. The van der Waals surface area contributed by atoms with Crippen LogP contribution in [0.25, 0.3) is 0 Å². The summed E-state index contributed by atoms with van der Waals surface area (Å²) >= 11 is 0. The molecule has 0 aromatic carbocycles. The van der Waals surface area contributed by atoms with Crippen LogP contribution < -0.4 is 0 Å². The number of carbonyl (C=O) groups is 1. The molecule has 0 saturated carbocycles. The Morgan fingerprint density at radius 1 is 1.25 bits per heavy atom. The van der Waals surface area contributed by atoms with Gasteiger partial charge in [0, 0.05) is 12.8 Å². The van der Waals surface area contributed by atoms with E-state index in [4.69, 9.17) is 0 Å². The average Bonchev–Trinajstić information content (AvgIpc) is 2.06. The number of Topliss-reactive ketones (excluding diaryl/α,β-unsaturated/α-hetero) is 1. The molecule has 0 saturated heterocycles. The highest BCUT2D eigenvalue weighted by Crippen LogP contribution is 2.04. The largest absolute Gasteiger partial charge is 0.300 e. The van der Waals surface area contributed by atoms with Crippen LogP contribution in [0.5, 0.6) is 0 Å². The quantitative estimate of drug-likeness (QED) is 0.400. The second-order valence-corrected chi connectivity index (χ2v) is 3.18. The molecule has 0 aliphatic heterocycles. The zero-order chi connectivity index (χ0) is 9.23. The Balaban J connectivity index is 3.15. The fourth-order valence-corrected chi connectivity index (χ4v) is 1.14. The van der Waals surface area contributed by atoms with Crippen molar-refractivity contribution < 1.29 is 4.79 Å². The van der Waals surface area contributed by atoms with E-state index in [-0.39, 0.29) is 0 Å². The van der Waals surface area contributed by atoms with Crippen LogP contribution in [0.3, 0.4) is 0 Å². The topological polar surface area (TPSA) is 17.1 Å². The second kappa shape index (κ2) is 8.51. The molecule has 70 valence electrons. The predicted octanol–water partition coefficient (Wildman–Crippen LogP) is 3.49. The van der Waals surface area contributed by atoms with Crippen molar-refractivity contribution >= 4 is 5.78 Å². The zero-order valence-corrected chi connectivity index (χ0v) is 8.14. The molecule has 0 rings (SSSR count). The molecular formula is C11H20O. The molecule has 0 amide bonds. The predicted molar refractivity (Wildman–Crippen MR) is 53.2 cm³/mol. The highest BCUT2D eigenvalue weighted by molar-refractivity contribution is 5.78. The van der Waals surface area contributed by atoms with E-state index in [9.17, 15) is 4.79 Å². The Hall–Kier alpha value is -0.590. The summed E-state index contributed by atoms with van der Waals surface area (Å²) in [5, 5.41) is 0. The van der Waals surface area contributed by atoms with Gasteiger partial charge in [-0.05, 0) is 19.3 Å². The number of hydrogen-bond donors (Lipinski definition) is 0. The van der Waals surface area contributed by atoms with Crippen molar-refractivity contribution in [2.45, 2.75) is 51.9 Å². The van der Waals surface area contributed by atoms with Gasteiger partial charge in [0.05, 0.1) is 0 Å². The number of allylic oxidation sites excluding steroid dienone is 1. The third kappa shape index (κ3) is 7.52. The van der Waals surface area contributed by atoms with Gasteiger partial charge >= 0.3 is 0 Å². The molecule has 0 spiro atoms. The smallest absolute Gasteiger partial charge is 0.132 e. The van der Waals surface area contributed by atoms with Crippen molar-refractivity contribution in [3.63, 3.8) is 0 Å². The van der Waals surface area contributed by atoms with E-state index in [1.807, 2.05) is 6.08 Å². The Labute approximate surface area is 75.9 Å². The minimum Gasteiger partial charge on any atom is -0.300 e. The lowest BCUT2D eigenvalue weighted by atomic mass is 10.1. The lowest BCUT2D eigenvalue weighted by molar-refractivity contribution is -0.119. The number of ketones is 1. The van der Waals surface area contributed by atoms with Crippen LogP contribution in [-0.4, -0.2) is 5.78 Å². The molecule has 1 heteroatoms. The van der Waals surface area contributed by atoms with Crippen LogP contribution in [0.15, 0.2) is 12.7 Å². The third-order valence-electron chi connectivity index (χ3n) is 1.92. The Kier molecular flexibility index (Phi) is 8.09. The lowest BCUT2D eigenvalue weighted by Gasteiger charge is -1.98. The maximum Gasteiger partial charge on any atom is 0.132 e. The highest BCUT2D eigenvalue weighted by Gasteiger charge is 1.99. The first-order valence-electron chi connectivity index (χ1n) is 4.93. The van der Waals surface area contributed by atoms with E-state index in [1.165, 1.54) is 12.8 Å². The monoisotopic (exact) mass is 168 g/mol. The molecule has 0 atom stereocenters. The summed E-state index contributed by atoms with van der Waals surface area (Å²) in [6.07, 6.45) is 8.81. The summed E-state index contributed by atoms with van der Waals surface area (Å²) in [7, 11) is 0. The molecule has 0 heterocycles. The molecule has 1 nitrogen and oxygen atoms in total. The van der Waals surface area contributed by atoms with E-state index in [0.29, 0.717) is 5.78 Å². The molecule has 12 heavy (non-hydrogen) atoms. The number of unbranched alkanes of at least 4 members (excludes halogenated alkanes) is 3. The van der Waals surface area contributed by atoms with Gasteiger partial charge in [0.1, 0.15) is 5.78 Å². The normalized spacial score (nSPS) is 9.75. The van der Waals surface area contributed by atoms with Gasteiger partial charge in [0.2, 0.25) is 0 Å². The number of rotatable bonds is 8. The van der Waals surface area contributed by atoms with Crippen LogP contribution in [0.4, 0.5) is 0 Å². The van der Waals surface area contributed by atoms with Gasteiger partial charge < -0.3 is 0 Å². The first kappa shape index (κ1) is 11.4. The first-order valence-corrected chi connectivity index (χ1v) is 4.93. The first-order chi connectivity index (χ1) is 5.81. The van der Waals surface area contributed by atoms with Crippen molar-refractivity contribution in [3.8, 4) is 0 Å². The average molecular weight is 168 g/mol. The summed E-state index contributed by atoms with van der Waals surface area (Å²) in [6.45, 7) is 5.78. The summed E-state index contributed by atoms with van der Waals surface area (Å²) < 4.78 is 0. The number of hydrogen-bond acceptors (Lipinski definition) is 1. The highest BCUT2D eigenvalue weighted by atomic mass is 16.1. The van der Waals surface area contributed by atoms with Gasteiger partial charge in [-0.3, -0.25) is 4.79 Å². The van der Waals surface area contributed by atoms with Crippen LogP contribution in [0, 0.1) is 0 Å². The van der Waals surface area contributed by atoms with Gasteiger partial charge in [-0.25, -0.2) is 0 Å². The SMILES string of the molecule is C=CCCCC(=O)CCCCC. The number of carbonyl (C=O) groups excluding carboxylic acids is 1. The van der Waals surface area contributed by atoms with Gasteiger partial charge in [-0.2, -0.15) is 0 Å². The Morgan fingerprint density at radius 3 is 2.50 bits per heavy atom. The van der Waals surface area contributed by atoms with Crippen molar-refractivity contribution in [1.29, 1.82) is 0 Å². The lowest BCUT2D eigenvalue weighted by Crippen LogP contribution is -1.96. The van der Waals surface area contributed by atoms with Crippen LogP contribution in [0.2, 0.25) is 0 Å². The molecule has 0 aliphatic carbocycles. The van der Waals surface area contributed by atoms with E-state index in [0.717, 1.165) is 32.1 Å². The molecule has 0 radical (unpaired) electrons. The van der Waals surface area contributed by atoms with Gasteiger partial charge in [-0.15, -0.1) is 6.58 Å². The minimum absolute atomic E-state index is 0.422. The molecule has 0 aromatic rings. The molecule has 0 N–H and O–H groups in total. The summed E-state index contributed by atoms with van der Waals surface area (Å²) in [6, 6.07) is 0. The maximum atomic E-state index is 11.2. The fourth-order valence-electron chi connectivity index (χ4n) is 1.14. The molecular weight excluding hydrogens is 148 g/mol. The van der Waals surface area contributed by atoms with Crippen molar-refractivity contribution in [1.82, 2.24) is 0 Å². The maximum absolute atomic E-state index is 11.2. The van der Waals surface area contributed by atoms with Crippen LogP contribution >= 0.6 is 0 Å². The molecule has 0 fully saturated rings. The van der Waals surface area contributed by atoms with Crippen LogP contribution in [-0.2, 0) is 4.79 Å². The third-order valence-corrected chi connectivity index (χ3v) is 1.92. The van der Waals surface area contributed by atoms with Crippen molar-refractivity contribution in [2.24, 2.45) is 0 Å². The van der Waals surface area contributed by atoms with Gasteiger partial charge in [0.25, 0.3) is 0 Å². The van der Waals surface area contributed by atoms with Gasteiger partial charge in [-0.1, -0.05) is 25.8 Å². The Bertz CT molecular complexity index is 127. The summed E-state index contributed by atoms with van der Waals surface area (Å²) in [5.41, 5.74) is 0. The Morgan fingerprint density at radius 2 is 1.92 bits per heavy atom. The molecule has 0 aromatic heterocycles. The van der Waals surface area contributed by atoms with Crippen molar-refractivity contribution in [3.05, 3.63) is 12.7 Å². The van der Waals surface area contributed by atoms with E-state index >= 15 is 0 Å². The summed E-state index contributed by atoms with van der Waals surface area (Å²) in [5.74, 6) is 0.422. The molecule has 0 unspecified atom stereocenters. The fraction of sp³-hybridized carbons (Fsp3) is 0.727. The van der Waals surface area contributed by atoms with Gasteiger partial charge in [0.15, 0.2) is 0 Å². The molecule has 0 aliphatic rings. The van der Waals surface area contributed by atoms with E-state index < -0.39 is 0 Å². The second-order valence-electron chi connectivity index (χ2n) is 3.18. The standard InChI is InChI=1S/C11H20O/c1-3-5-7-9-11(12)10-8-6-4-2/h3H,1,4-10H2,2H3. The molecule has 0 bridgehead atoms. The van der Waals surface area contributed by atoms with Crippen molar-refractivity contribution in [2.75, 3.05) is 0 Å². The zero-order valence-electron chi connectivity index (χ0n) is 8.14. The summed E-state index contributed by atoms with van der Waals surface area (Å²) in [4.78, 5) is 11.2.